The lowest BCUT2D eigenvalue weighted by atomic mass is 9.84. The molecule has 0 aliphatic heterocycles. The number of carbonyl (C=O) groups is 2. The summed E-state index contributed by atoms with van der Waals surface area (Å²) in [5.41, 5.74) is 0.0983. The van der Waals surface area contributed by atoms with Gasteiger partial charge < -0.3 is 4.98 Å². The van der Waals surface area contributed by atoms with Crippen molar-refractivity contribution in [3.8, 4) is 0 Å². The average molecular weight is 356 g/mol. The van der Waals surface area contributed by atoms with Gasteiger partial charge >= 0.3 is 0 Å². The number of hydrogen-bond donors (Lipinski definition) is 2. The van der Waals surface area contributed by atoms with E-state index in [9.17, 15) is 22.6 Å². The molecule has 0 atom stereocenters. The number of nitrogens with one attached hydrogen (secondary N) is 1. The molecule has 2 N–H and O–H groups in total. The van der Waals surface area contributed by atoms with Crippen LogP contribution in [0.3, 0.4) is 0 Å². The number of hydrogen-bond acceptors (Lipinski definition) is 5. The predicted molar refractivity (Wildman–Crippen MR) is 88.2 cm³/mol. The van der Waals surface area contributed by atoms with E-state index in [-0.39, 0.29) is 22.3 Å². The Balaban J connectivity index is 0.000000314. The van der Waals surface area contributed by atoms with Crippen molar-refractivity contribution < 1.29 is 22.6 Å². The van der Waals surface area contributed by atoms with Gasteiger partial charge in [-0.05, 0) is 6.07 Å². The molecule has 0 bridgehead atoms. The van der Waals surface area contributed by atoms with Gasteiger partial charge in [0.1, 0.15) is 4.90 Å². The van der Waals surface area contributed by atoms with Crippen molar-refractivity contribution >= 4 is 21.7 Å². The molecule has 1 heterocycles. The molecule has 2 aromatic carbocycles. The molecule has 0 saturated heterocycles. The van der Waals surface area contributed by atoms with Crippen molar-refractivity contribution in [1.29, 1.82) is 0 Å². The lowest BCUT2D eigenvalue weighted by molar-refractivity contribution is 0.0976. The lowest BCUT2D eigenvalue weighted by Crippen LogP contribution is -2.23. The summed E-state index contributed by atoms with van der Waals surface area (Å²) in [6.07, 6.45) is 5.08. The zero-order valence-electron chi connectivity index (χ0n) is 12.7. The minimum Gasteiger partial charge on any atom is -0.351 e. The molecule has 0 radical (unpaired) electrons. The van der Waals surface area contributed by atoms with Crippen LogP contribution in [-0.2, 0) is 10.1 Å². The van der Waals surface area contributed by atoms with Crippen LogP contribution in [0.4, 0.5) is 0 Å². The predicted octanol–water partition coefficient (Wildman–Crippen LogP) is 2.12. The van der Waals surface area contributed by atoms with Gasteiger partial charge in [0, 0.05) is 29.1 Å². The lowest BCUT2D eigenvalue weighted by Gasteiger charge is -2.18. The maximum atomic E-state index is 12.4. The van der Waals surface area contributed by atoms with Crippen LogP contribution in [0, 0.1) is 0 Å². The largest absolute Gasteiger partial charge is 0.351 e. The quantitative estimate of drug-likeness (QED) is 0.505. The third kappa shape index (κ3) is 3.12. The van der Waals surface area contributed by atoms with Crippen LogP contribution >= 0.6 is 0 Å². The van der Waals surface area contributed by atoms with Gasteiger partial charge in [0.25, 0.3) is 10.1 Å². The van der Waals surface area contributed by atoms with Crippen molar-refractivity contribution in [3.05, 3.63) is 83.4 Å². The fraction of sp³-hybridized carbons (Fsp3) is 0. The Morgan fingerprint density at radius 3 is 2.04 bits per heavy atom. The first-order valence-electron chi connectivity index (χ1n) is 7.13. The summed E-state index contributed by atoms with van der Waals surface area (Å²) < 4.78 is 31.9. The summed E-state index contributed by atoms with van der Waals surface area (Å²) in [5.74, 6) is -1.01. The highest BCUT2D eigenvalue weighted by Crippen LogP contribution is 2.31. The van der Waals surface area contributed by atoms with E-state index >= 15 is 0 Å². The van der Waals surface area contributed by atoms with Gasteiger partial charge in [-0.2, -0.15) is 8.42 Å². The van der Waals surface area contributed by atoms with Gasteiger partial charge in [-0.1, -0.05) is 36.4 Å². The van der Waals surface area contributed by atoms with Crippen LogP contribution in [0.5, 0.6) is 0 Å². The number of benzene rings is 2. The molecule has 0 fully saturated rings. The van der Waals surface area contributed by atoms with Gasteiger partial charge in [0.15, 0.2) is 11.6 Å². The first-order valence-corrected chi connectivity index (χ1v) is 8.57. The van der Waals surface area contributed by atoms with Crippen LogP contribution in [0.1, 0.15) is 31.8 Å². The molecule has 0 saturated carbocycles. The molecule has 0 amide bonds. The molecule has 25 heavy (non-hydrogen) atoms. The summed E-state index contributed by atoms with van der Waals surface area (Å²) >= 11 is 0. The standard InChI is InChI=1S/C14H8O5S.C3H4N2/c15-13-8-4-1-2-5-9(8)14(16)12-10(13)6-3-7-11(12)20(17,18)19;1-2-5-3-4-1/h1-7H,(H,17,18,19);1-3H,(H,4,5). The number of nitrogens with zero attached hydrogens (tertiary/aromatic N) is 1. The highest BCUT2D eigenvalue weighted by Gasteiger charge is 2.33. The topological polar surface area (TPSA) is 117 Å². The molecule has 3 aromatic rings. The van der Waals surface area contributed by atoms with Gasteiger partial charge in [-0.25, -0.2) is 4.98 Å². The molecule has 0 unspecified atom stereocenters. The highest BCUT2D eigenvalue weighted by molar-refractivity contribution is 7.86. The monoisotopic (exact) mass is 356 g/mol. The van der Waals surface area contributed by atoms with Gasteiger partial charge in [0.2, 0.25) is 0 Å². The third-order valence-corrected chi connectivity index (χ3v) is 4.49. The van der Waals surface area contributed by atoms with E-state index in [1.807, 2.05) is 0 Å². The Morgan fingerprint density at radius 2 is 1.52 bits per heavy atom. The Bertz CT molecular complexity index is 1040. The molecule has 0 spiro atoms. The van der Waals surface area contributed by atoms with E-state index in [0.29, 0.717) is 0 Å². The molecular formula is C17H12N2O5S. The van der Waals surface area contributed by atoms with Crippen LogP contribution in [0.2, 0.25) is 0 Å². The number of fused-ring (bicyclic) bond motifs is 2. The van der Waals surface area contributed by atoms with Crippen molar-refractivity contribution in [1.82, 2.24) is 9.97 Å². The van der Waals surface area contributed by atoms with Crippen molar-refractivity contribution in [2.75, 3.05) is 0 Å². The summed E-state index contributed by atoms with van der Waals surface area (Å²) in [6, 6.07) is 9.99. The van der Waals surface area contributed by atoms with E-state index in [1.54, 1.807) is 30.9 Å². The minimum absolute atomic E-state index is 0.0103. The number of carbonyl (C=O) groups excluding carboxylic acids is 2. The van der Waals surface area contributed by atoms with Crippen LogP contribution in [0.15, 0.2) is 66.1 Å². The molecule has 7 nitrogen and oxygen atoms in total. The van der Waals surface area contributed by atoms with E-state index in [2.05, 4.69) is 9.97 Å². The fourth-order valence-electron chi connectivity index (χ4n) is 2.54. The second kappa shape index (κ2) is 6.42. The van der Waals surface area contributed by atoms with E-state index in [1.165, 1.54) is 24.3 Å². The maximum absolute atomic E-state index is 12.4. The molecule has 126 valence electrons. The third-order valence-electron chi connectivity index (χ3n) is 3.60. The summed E-state index contributed by atoms with van der Waals surface area (Å²) in [7, 11) is -4.58. The Hall–Kier alpha value is -3.10. The zero-order chi connectivity index (χ0) is 18.0. The Labute approximate surface area is 143 Å². The first-order chi connectivity index (χ1) is 11.9. The van der Waals surface area contributed by atoms with Crippen molar-refractivity contribution in [2.24, 2.45) is 0 Å². The molecule has 8 heteroatoms. The molecule has 1 aromatic heterocycles. The van der Waals surface area contributed by atoms with Gasteiger partial charge in [-0.15, -0.1) is 0 Å². The smallest absolute Gasteiger partial charge is 0.295 e. The number of aromatic amines is 1. The zero-order valence-corrected chi connectivity index (χ0v) is 13.5. The first kappa shape index (κ1) is 16.7. The Kier molecular flexibility index (Phi) is 4.30. The number of aromatic nitrogens is 2. The maximum Gasteiger partial charge on any atom is 0.295 e. The highest BCUT2D eigenvalue weighted by atomic mass is 32.2. The van der Waals surface area contributed by atoms with Gasteiger partial charge in [0.05, 0.1) is 11.9 Å². The Morgan fingerprint density at radius 1 is 0.880 bits per heavy atom. The number of imidazole rings is 1. The summed E-state index contributed by atoms with van der Waals surface area (Å²) in [6.45, 7) is 0. The molecule has 1 aliphatic carbocycles. The minimum atomic E-state index is -4.58. The summed E-state index contributed by atoms with van der Waals surface area (Å²) in [5, 5.41) is 0. The molecular weight excluding hydrogens is 344 g/mol. The average Bonchev–Trinajstić information content (AvgIpc) is 3.18. The van der Waals surface area contributed by atoms with Crippen LogP contribution in [-0.4, -0.2) is 34.5 Å². The number of ketones is 2. The summed E-state index contributed by atoms with van der Waals surface area (Å²) in [4.78, 5) is 30.6. The van der Waals surface area contributed by atoms with Crippen molar-refractivity contribution in [3.63, 3.8) is 0 Å². The fourth-order valence-corrected chi connectivity index (χ4v) is 3.25. The second-order valence-corrected chi connectivity index (χ2v) is 6.51. The van der Waals surface area contributed by atoms with Crippen LogP contribution in [0.25, 0.3) is 0 Å². The van der Waals surface area contributed by atoms with Crippen LogP contribution < -0.4 is 0 Å². The van der Waals surface area contributed by atoms with E-state index < -0.39 is 26.6 Å². The molecule has 1 aliphatic rings. The van der Waals surface area contributed by atoms with Gasteiger partial charge in [-0.3, -0.25) is 14.1 Å². The van der Waals surface area contributed by atoms with Crippen molar-refractivity contribution in [2.45, 2.75) is 4.90 Å². The molecule has 4 rings (SSSR count). The van der Waals surface area contributed by atoms with E-state index in [0.717, 1.165) is 6.07 Å². The number of H-pyrrole nitrogens is 1. The second-order valence-electron chi connectivity index (χ2n) is 5.12. The van der Waals surface area contributed by atoms with E-state index in [4.69, 9.17) is 0 Å². The number of rotatable bonds is 1. The normalized spacial score (nSPS) is 12.7. The SMILES string of the molecule is O=C1c2ccccc2C(=O)c2c1cccc2S(=O)(=O)O.c1c[nH]cn1.